The number of hydrogen-bond donors (Lipinski definition) is 1. The second-order valence-corrected chi connectivity index (χ2v) is 11.0. The van der Waals surface area contributed by atoms with Gasteiger partial charge in [0.1, 0.15) is 17.6 Å². The third-order valence-corrected chi connectivity index (χ3v) is 7.46. The van der Waals surface area contributed by atoms with Crippen molar-refractivity contribution in [3.8, 4) is 17.0 Å². The summed E-state index contributed by atoms with van der Waals surface area (Å²) in [4.78, 5) is 4.09. The van der Waals surface area contributed by atoms with E-state index in [1.807, 2.05) is 0 Å². The van der Waals surface area contributed by atoms with Gasteiger partial charge in [-0.25, -0.2) is 30.8 Å². The molecule has 1 saturated heterocycles. The second kappa shape index (κ2) is 9.22. The molecule has 11 nitrogen and oxygen atoms in total. The standard InChI is InChI=1S/C21H20F6N8O3S/c1-38-18-17-16(11-3-4-13-14(7-11)35(32-30-13)10-21(25,26)27)12(22)8-34(17)31-19(29-18)28-15-5-6-33(39(2,36)37)9-20(15,23)24/h3-4,7-8,15H,5-6,9-10H2,1-2H3,(H,28,31). The number of anilines is 1. The number of methoxy groups -OCH3 is 1. The molecule has 0 spiro atoms. The number of nitrogens with one attached hydrogen (secondary N) is 1. The summed E-state index contributed by atoms with van der Waals surface area (Å²) >= 11 is 0. The highest BCUT2D eigenvalue weighted by molar-refractivity contribution is 7.88. The summed E-state index contributed by atoms with van der Waals surface area (Å²) in [5.41, 5.74) is 0.199. The van der Waals surface area contributed by atoms with Gasteiger partial charge in [-0.1, -0.05) is 11.3 Å². The van der Waals surface area contributed by atoms with Crippen molar-refractivity contribution < 1.29 is 39.5 Å². The minimum Gasteiger partial charge on any atom is -0.479 e. The molecule has 1 aromatic carbocycles. The van der Waals surface area contributed by atoms with E-state index < -0.39 is 47.1 Å². The van der Waals surface area contributed by atoms with Crippen molar-refractivity contribution >= 4 is 32.5 Å². The molecule has 0 aliphatic carbocycles. The van der Waals surface area contributed by atoms with Crippen molar-refractivity contribution in [1.82, 2.24) is 33.9 Å². The van der Waals surface area contributed by atoms with Crippen molar-refractivity contribution in [2.24, 2.45) is 0 Å². The summed E-state index contributed by atoms with van der Waals surface area (Å²) in [7, 11) is -2.61. The van der Waals surface area contributed by atoms with Gasteiger partial charge in [0.15, 0.2) is 5.82 Å². The quantitative estimate of drug-likeness (QED) is 0.347. The molecule has 4 aromatic rings. The number of rotatable bonds is 6. The molecule has 1 atom stereocenters. The maximum atomic E-state index is 15.2. The predicted octanol–water partition coefficient (Wildman–Crippen LogP) is 2.93. The van der Waals surface area contributed by atoms with Crippen LogP contribution in [0.2, 0.25) is 0 Å². The Hall–Kier alpha value is -3.67. The summed E-state index contributed by atoms with van der Waals surface area (Å²) < 4.78 is 115. The zero-order chi connectivity index (χ0) is 28.3. The van der Waals surface area contributed by atoms with E-state index in [2.05, 4.69) is 25.7 Å². The highest BCUT2D eigenvalue weighted by atomic mass is 32.2. The van der Waals surface area contributed by atoms with E-state index in [4.69, 9.17) is 4.74 Å². The molecule has 0 amide bonds. The normalized spacial score (nSPS) is 18.6. The van der Waals surface area contributed by atoms with Gasteiger partial charge >= 0.3 is 6.18 Å². The first-order chi connectivity index (χ1) is 18.2. The average Bonchev–Trinajstić information content (AvgIpc) is 3.37. The predicted molar refractivity (Wildman–Crippen MR) is 125 cm³/mol. The number of ether oxygens (including phenoxy) is 1. The van der Waals surface area contributed by atoms with Crippen molar-refractivity contribution in [2.75, 3.05) is 31.8 Å². The lowest BCUT2D eigenvalue weighted by molar-refractivity contribution is -0.142. The van der Waals surface area contributed by atoms with Crippen LogP contribution in [0.1, 0.15) is 6.42 Å². The van der Waals surface area contributed by atoms with Gasteiger partial charge in [0.2, 0.25) is 21.9 Å². The van der Waals surface area contributed by atoms with Crippen LogP contribution in [-0.2, 0) is 16.6 Å². The van der Waals surface area contributed by atoms with E-state index in [0.29, 0.717) is 8.99 Å². The number of hydrogen-bond acceptors (Lipinski definition) is 8. The Kier molecular flexibility index (Phi) is 6.36. The van der Waals surface area contributed by atoms with Crippen molar-refractivity contribution in [3.05, 3.63) is 30.2 Å². The lowest BCUT2D eigenvalue weighted by Gasteiger charge is -2.37. The molecule has 1 fully saturated rings. The Morgan fingerprint density at radius 3 is 2.64 bits per heavy atom. The number of piperidine rings is 1. The molecule has 3 aromatic heterocycles. The number of alkyl halides is 5. The molecular formula is C21H20F6N8O3S. The molecule has 4 heterocycles. The van der Waals surface area contributed by atoms with Crippen LogP contribution in [0, 0.1) is 5.82 Å². The van der Waals surface area contributed by atoms with E-state index >= 15 is 4.39 Å². The largest absolute Gasteiger partial charge is 0.479 e. The van der Waals surface area contributed by atoms with Crippen LogP contribution in [0.25, 0.3) is 27.7 Å². The fourth-order valence-corrected chi connectivity index (χ4v) is 5.28. The Morgan fingerprint density at radius 1 is 1.26 bits per heavy atom. The fourth-order valence-electron chi connectivity index (χ4n) is 4.43. The van der Waals surface area contributed by atoms with E-state index in [1.165, 1.54) is 25.3 Å². The third kappa shape index (κ3) is 5.17. The lowest BCUT2D eigenvalue weighted by Crippen LogP contribution is -2.55. The Balaban J connectivity index is 1.52. The van der Waals surface area contributed by atoms with Gasteiger partial charge in [-0.3, -0.25) is 0 Å². The van der Waals surface area contributed by atoms with Gasteiger partial charge in [-0.2, -0.15) is 22.5 Å². The maximum Gasteiger partial charge on any atom is 0.408 e. The Labute approximate surface area is 216 Å². The van der Waals surface area contributed by atoms with E-state index in [9.17, 15) is 30.4 Å². The molecular weight excluding hydrogens is 558 g/mol. The van der Waals surface area contributed by atoms with Gasteiger partial charge in [0.05, 0.1) is 43.2 Å². The smallest absolute Gasteiger partial charge is 0.408 e. The Morgan fingerprint density at radius 2 is 2.00 bits per heavy atom. The molecule has 0 bridgehead atoms. The second-order valence-electron chi connectivity index (χ2n) is 9.00. The zero-order valence-electron chi connectivity index (χ0n) is 20.2. The zero-order valence-corrected chi connectivity index (χ0v) is 21.1. The van der Waals surface area contributed by atoms with Gasteiger partial charge in [-0.05, 0) is 24.1 Å². The summed E-state index contributed by atoms with van der Waals surface area (Å²) in [6, 6.07) is 2.55. The number of fused-ring (bicyclic) bond motifs is 2. The van der Waals surface area contributed by atoms with Crippen LogP contribution >= 0.6 is 0 Å². The van der Waals surface area contributed by atoms with Crippen LogP contribution in [0.3, 0.4) is 0 Å². The van der Waals surface area contributed by atoms with Crippen LogP contribution < -0.4 is 10.1 Å². The molecule has 39 heavy (non-hydrogen) atoms. The number of sulfonamides is 1. The van der Waals surface area contributed by atoms with Gasteiger partial charge in [0.25, 0.3) is 5.92 Å². The summed E-state index contributed by atoms with van der Waals surface area (Å²) in [6.45, 7) is -2.59. The molecule has 18 heteroatoms. The molecule has 1 aliphatic rings. The highest BCUT2D eigenvalue weighted by Crippen LogP contribution is 2.36. The first kappa shape index (κ1) is 26.9. The number of benzene rings is 1. The summed E-state index contributed by atoms with van der Waals surface area (Å²) in [5, 5.41) is 13.8. The topological polar surface area (TPSA) is 120 Å². The van der Waals surface area contributed by atoms with Crippen molar-refractivity contribution in [2.45, 2.75) is 31.1 Å². The molecule has 5 rings (SSSR count). The first-order valence-electron chi connectivity index (χ1n) is 11.3. The summed E-state index contributed by atoms with van der Waals surface area (Å²) in [5.74, 6) is -4.84. The van der Waals surface area contributed by atoms with Crippen molar-refractivity contribution in [3.63, 3.8) is 0 Å². The Bertz CT molecular complexity index is 1670. The van der Waals surface area contributed by atoms with E-state index in [-0.39, 0.29) is 52.5 Å². The number of halogens is 6. The van der Waals surface area contributed by atoms with Crippen LogP contribution in [0.15, 0.2) is 24.4 Å². The van der Waals surface area contributed by atoms with Crippen LogP contribution in [0.4, 0.5) is 32.3 Å². The van der Waals surface area contributed by atoms with Gasteiger partial charge < -0.3 is 10.1 Å². The fraction of sp³-hybridized carbons (Fsp3) is 0.429. The lowest BCUT2D eigenvalue weighted by atomic mass is 10.0. The minimum atomic E-state index is -4.57. The van der Waals surface area contributed by atoms with Gasteiger partial charge in [-0.15, -0.1) is 10.2 Å². The molecule has 0 radical (unpaired) electrons. The van der Waals surface area contributed by atoms with Crippen molar-refractivity contribution in [1.29, 1.82) is 0 Å². The summed E-state index contributed by atoms with van der Waals surface area (Å²) in [6.07, 6.45) is -3.03. The van der Waals surface area contributed by atoms with Crippen LogP contribution in [0.5, 0.6) is 5.88 Å². The SMILES string of the molecule is COc1nc(NC2CCN(S(C)(=O)=O)CC2(F)F)nn2cc(F)c(-c3ccc4nnn(CC(F)(F)F)c4c3)c12. The first-order valence-corrected chi connectivity index (χ1v) is 13.1. The number of nitrogens with zero attached hydrogens (tertiary/aromatic N) is 7. The number of aromatic nitrogens is 6. The third-order valence-electron chi connectivity index (χ3n) is 6.21. The van der Waals surface area contributed by atoms with Crippen LogP contribution in [-0.4, -0.2) is 86.9 Å². The van der Waals surface area contributed by atoms with E-state index in [1.54, 1.807) is 0 Å². The van der Waals surface area contributed by atoms with Gasteiger partial charge in [0, 0.05) is 6.54 Å². The molecule has 1 unspecified atom stereocenters. The molecule has 210 valence electrons. The molecule has 1 aliphatic heterocycles. The highest BCUT2D eigenvalue weighted by Gasteiger charge is 2.47. The van der Waals surface area contributed by atoms with E-state index in [0.717, 1.165) is 17.0 Å². The molecule has 1 N–H and O–H groups in total. The maximum absolute atomic E-state index is 15.2. The molecule has 0 saturated carbocycles. The minimum absolute atomic E-state index is 0.00409. The average molecular weight is 578 g/mol. The monoisotopic (exact) mass is 578 g/mol.